The van der Waals surface area contributed by atoms with Crippen LogP contribution in [0.4, 0.5) is 0 Å². The zero-order valence-electron chi connectivity index (χ0n) is 7.98. The molecule has 0 saturated heterocycles. The van der Waals surface area contributed by atoms with Crippen LogP contribution in [-0.4, -0.2) is 0 Å². The van der Waals surface area contributed by atoms with E-state index in [1.54, 1.807) is 0 Å². The molecule has 82 valence electrons. The minimum absolute atomic E-state index is 1.05. The van der Waals surface area contributed by atoms with E-state index in [0.29, 0.717) is 0 Å². The van der Waals surface area contributed by atoms with E-state index in [2.05, 4.69) is 75.9 Å². The van der Waals surface area contributed by atoms with E-state index in [1.165, 1.54) is 5.56 Å². The third kappa shape index (κ3) is 2.78. The first-order valence-electron chi connectivity index (χ1n) is 4.48. The smallest absolute Gasteiger partial charge is 0.0276 e. The van der Waals surface area contributed by atoms with Crippen LogP contribution >= 0.6 is 63.7 Å². The third-order valence-electron chi connectivity index (χ3n) is 2.14. The van der Waals surface area contributed by atoms with Crippen LogP contribution in [0.2, 0.25) is 0 Å². The van der Waals surface area contributed by atoms with E-state index < -0.39 is 0 Å². The predicted molar refractivity (Wildman–Crippen MR) is 82.7 cm³/mol. The molecule has 0 unspecified atom stereocenters. The van der Waals surface area contributed by atoms with Gasteiger partial charge in [0, 0.05) is 23.5 Å². The summed E-state index contributed by atoms with van der Waals surface area (Å²) in [6.07, 6.45) is 0. The van der Waals surface area contributed by atoms with Crippen LogP contribution < -0.4 is 0 Å². The zero-order chi connectivity index (χ0) is 11.7. The van der Waals surface area contributed by atoms with Gasteiger partial charge in [-0.15, -0.1) is 0 Å². The summed E-state index contributed by atoms with van der Waals surface area (Å²) in [5, 5.41) is 0. The molecule has 0 fully saturated rings. The van der Waals surface area contributed by atoms with Crippen molar-refractivity contribution in [2.75, 3.05) is 0 Å². The molecule has 0 heterocycles. The molecule has 2 aromatic rings. The highest BCUT2D eigenvalue weighted by atomic mass is 79.9. The maximum Gasteiger partial charge on any atom is 0.0276 e. The second-order valence-electron chi connectivity index (χ2n) is 3.25. The Bertz CT molecular complexity index is 494. The van der Waals surface area contributed by atoms with Crippen molar-refractivity contribution >= 4 is 63.7 Å². The Morgan fingerprint density at radius 3 is 1.62 bits per heavy atom. The van der Waals surface area contributed by atoms with Crippen LogP contribution in [0.25, 0.3) is 11.1 Å². The van der Waals surface area contributed by atoms with Gasteiger partial charge in [-0.05, 0) is 29.8 Å². The van der Waals surface area contributed by atoms with Crippen molar-refractivity contribution in [1.82, 2.24) is 0 Å². The molecule has 0 amide bonds. The van der Waals surface area contributed by atoms with Crippen LogP contribution in [0.1, 0.15) is 0 Å². The van der Waals surface area contributed by atoms with E-state index in [1.807, 2.05) is 24.3 Å². The normalized spacial score (nSPS) is 10.5. The van der Waals surface area contributed by atoms with E-state index in [0.717, 1.165) is 23.5 Å². The van der Waals surface area contributed by atoms with E-state index in [4.69, 9.17) is 0 Å². The summed E-state index contributed by atoms with van der Waals surface area (Å²) in [5.74, 6) is 0. The summed E-state index contributed by atoms with van der Waals surface area (Å²) < 4.78 is 4.26. The molecule has 0 radical (unpaired) electrons. The van der Waals surface area contributed by atoms with Crippen LogP contribution in [0.15, 0.2) is 54.3 Å². The minimum atomic E-state index is 1.05. The molecule has 0 nitrogen and oxygen atoms in total. The first-order chi connectivity index (χ1) is 7.58. The fraction of sp³-hybridized carbons (Fsp3) is 0. The average molecular weight is 470 g/mol. The summed E-state index contributed by atoms with van der Waals surface area (Å²) in [5.41, 5.74) is 2.34. The van der Waals surface area contributed by atoms with E-state index in [-0.39, 0.29) is 0 Å². The van der Waals surface area contributed by atoms with Gasteiger partial charge >= 0.3 is 0 Å². The fourth-order valence-corrected chi connectivity index (χ4v) is 4.42. The van der Waals surface area contributed by atoms with Gasteiger partial charge in [-0.2, -0.15) is 0 Å². The Hall–Kier alpha value is 0.360. The minimum Gasteiger partial charge on any atom is -0.0532 e. The van der Waals surface area contributed by atoms with Gasteiger partial charge in [0.2, 0.25) is 0 Å². The molecule has 0 bridgehead atoms. The number of benzene rings is 2. The molecule has 0 aliphatic rings. The number of hydrogen-bond donors (Lipinski definition) is 0. The topological polar surface area (TPSA) is 0 Å². The van der Waals surface area contributed by atoms with Gasteiger partial charge in [0.25, 0.3) is 0 Å². The first-order valence-corrected chi connectivity index (χ1v) is 7.65. The van der Waals surface area contributed by atoms with Gasteiger partial charge in [0.1, 0.15) is 0 Å². The Kier molecular flexibility index (Phi) is 4.27. The zero-order valence-corrected chi connectivity index (χ0v) is 14.3. The lowest BCUT2D eigenvalue weighted by Crippen LogP contribution is -1.82. The highest BCUT2D eigenvalue weighted by Gasteiger charge is 2.08. The quantitative estimate of drug-likeness (QED) is 0.453. The molecular weight excluding hydrogens is 464 g/mol. The second kappa shape index (κ2) is 5.34. The van der Waals surface area contributed by atoms with Gasteiger partial charge in [-0.25, -0.2) is 0 Å². The first kappa shape index (κ1) is 12.8. The van der Waals surface area contributed by atoms with Crippen molar-refractivity contribution in [2.24, 2.45) is 0 Å². The number of halogens is 4. The van der Waals surface area contributed by atoms with Crippen LogP contribution in [0, 0.1) is 0 Å². The lowest BCUT2D eigenvalue weighted by atomic mass is 10.1. The molecule has 16 heavy (non-hydrogen) atoms. The number of rotatable bonds is 1. The van der Waals surface area contributed by atoms with Gasteiger partial charge in [0.15, 0.2) is 0 Å². The predicted octanol–water partition coefficient (Wildman–Crippen LogP) is 6.40. The van der Waals surface area contributed by atoms with Gasteiger partial charge in [-0.1, -0.05) is 75.9 Å². The van der Waals surface area contributed by atoms with Gasteiger partial charge < -0.3 is 0 Å². The second-order valence-corrected chi connectivity index (χ2v) is 6.79. The standard InChI is InChI=1S/C12H6Br4/c13-8-3-1-7(2-4-8)12-10(15)5-9(14)6-11(12)16/h1-6H. The SMILES string of the molecule is Brc1ccc(-c2c(Br)cc(Br)cc2Br)cc1. The summed E-state index contributed by atoms with van der Waals surface area (Å²) in [6.45, 7) is 0. The van der Waals surface area contributed by atoms with Crippen molar-refractivity contribution < 1.29 is 0 Å². The molecule has 0 aromatic heterocycles. The molecule has 0 atom stereocenters. The Morgan fingerprint density at radius 2 is 1.12 bits per heavy atom. The number of hydrogen-bond acceptors (Lipinski definition) is 0. The Balaban J connectivity index is 2.60. The van der Waals surface area contributed by atoms with Crippen LogP contribution in [-0.2, 0) is 0 Å². The van der Waals surface area contributed by atoms with Crippen molar-refractivity contribution in [2.45, 2.75) is 0 Å². The van der Waals surface area contributed by atoms with Crippen molar-refractivity contribution in [3.63, 3.8) is 0 Å². The lowest BCUT2D eigenvalue weighted by molar-refractivity contribution is 1.51. The Morgan fingerprint density at radius 1 is 0.625 bits per heavy atom. The maximum atomic E-state index is 3.58. The molecule has 0 aliphatic carbocycles. The molecule has 4 heteroatoms. The molecule has 0 spiro atoms. The molecule has 0 aliphatic heterocycles. The average Bonchev–Trinajstić information content (AvgIpc) is 2.19. The van der Waals surface area contributed by atoms with Gasteiger partial charge in [0.05, 0.1) is 0 Å². The fourth-order valence-electron chi connectivity index (χ4n) is 1.43. The molecule has 0 saturated carbocycles. The largest absolute Gasteiger partial charge is 0.0532 e. The third-order valence-corrected chi connectivity index (χ3v) is 4.38. The molecule has 2 aromatic carbocycles. The lowest BCUT2D eigenvalue weighted by Gasteiger charge is -2.08. The highest BCUT2D eigenvalue weighted by Crippen LogP contribution is 2.37. The molecule has 2 rings (SSSR count). The Labute approximate surface area is 128 Å². The van der Waals surface area contributed by atoms with Crippen LogP contribution in [0.5, 0.6) is 0 Å². The monoisotopic (exact) mass is 466 g/mol. The van der Waals surface area contributed by atoms with Crippen molar-refractivity contribution in [3.8, 4) is 11.1 Å². The molecular formula is C12H6Br4. The van der Waals surface area contributed by atoms with E-state index >= 15 is 0 Å². The van der Waals surface area contributed by atoms with Crippen LogP contribution in [0.3, 0.4) is 0 Å². The summed E-state index contributed by atoms with van der Waals surface area (Å²) in [7, 11) is 0. The van der Waals surface area contributed by atoms with Crippen molar-refractivity contribution in [1.29, 1.82) is 0 Å². The van der Waals surface area contributed by atoms with Crippen molar-refractivity contribution in [3.05, 3.63) is 54.3 Å². The maximum absolute atomic E-state index is 3.58. The highest BCUT2D eigenvalue weighted by molar-refractivity contribution is 9.11. The van der Waals surface area contributed by atoms with Gasteiger partial charge in [-0.3, -0.25) is 0 Å². The molecule has 0 N–H and O–H groups in total. The summed E-state index contributed by atoms with van der Waals surface area (Å²) in [4.78, 5) is 0. The van der Waals surface area contributed by atoms with E-state index in [9.17, 15) is 0 Å². The summed E-state index contributed by atoms with van der Waals surface area (Å²) >= 11 is 14.1. The summed E-state index contributed by atoms with van der Waals surface area (Å²) in [6, 6.07) is 12.3.